The van der Waals surface area contributed by atoms with Gasteiger partial charge in [0.1, 0.15) is 0 Å². The van der Waals surface area contributed by atoms with Crippen molar-refractivity contribution in [1.82, 2.24) is 5.32 Å². The van der Waals surface area contributed by atoms with Crippen molar-refractivity contribution in [2.75, 3.05) is 13.6 Å². The highest BCUT2D eigenvalue weighted by molar-refractivity contribution is 5.34. The van der Waals surface area contributed by atoms with Crippen molar-refractivity contribution >= 4 is 0 Å². The Hall–Kier alpha value is -1.28. The summed E-state index contributed by atoms with van der Waals surface area (Å²) in [5.41, 5.74) is -2.73. The molecule has 1 aliphatic carbocycles. The number of hydrogen-bond donors (Lipinski definition) is 1. The second kappa shape index (κ2) is 8.39. The van der Waals surface area contributed by atoms with Gasteiger partial charge in [-0.25, -0.2) is 0 Å². The molecule has 1 N–H and O–H groups in total. The van der Waals surface area contributed by atoms with E-state index >= 15 is 0 Å². The van der Waals surface area contributed by atoms with Gasteiger partial charge in [-0.2, -0.15) is 26.3 Å². The van der Waals surface area contributed by atoms with Crippen LogP contribution in [-0.2, 0) is 17.1 Å². The number of halogens is 6. The van der Waals surface area contributed by atoms with E-state index in [2.05, 4.69) is 12.2 Å². The zero-order valence-corrected chi connectivity index (χ0v) is 15.5. The topological polar surface area (TPSA) is 21.3 Å². The molecule has 0 heterocycles. The molecule has 2 rings (SSSR count). The van der Waals surface area contributed by atoms with Crippen LogP contribution in [-0.4, -0.2) is 19.7 Å². The maximum atomic E-state index is 13.0. The maximum absolute atomic E-state index is 13.0. The van der Waals surface area contributed by atoms with Gasteiger partial charge in [-0.05, 0) is 75.4 Å². The Morgan fingerprint density at radius 3 is 2.07 bits per heavy atom. The van der Waals surface area contributed by atoms with Crippen LogP contribution in [0.3, 0.4) is 0 Å². The minimum atomic E-state index is -4.85. The summed E-state index contributed by atoms with van der Waals surface area (Å²) in [4.78, 5) is 0. The second-order valence-corrected chi connectivity index (χ2v) is 7.35. The van der Waals surface area contributed by atoms with Crippen LogP contribution in [0.2, 0.25) is 0 Å². The van der Waals surface area contributed by atoms with E-state index in [1.165, 1.54) is 6.92 Å². The molecule has 0 aromatic heterocycles. The summed E-state index contributed by atoms with van der Waals surface area (Å²) in [6.07, 6.45) is -8.35. The molecule has 3 unspecified atom stereocenters. The Bertz CT molecular complexity index is 595. The summed E-state index contributed by atoms with van der Waals surface area (Å²) < 4.78 is 84.0. The van der Waals surface area contributed by atoms with Gasteiger partial charge in [0.2, 0.25) is 0 Å². The average molecular weight is 397 g/mol. The van der Waals surface area contributed by atoms with Gasteiger partial charge in [-0.15, -0.1) is 0 Å². The third-order valence-corrected chi connectivity index (χ3v) is 5.26. The van der Waals surface area contributed by atoms with E-state index in [4.69, 9.17) is 4.74 Å². The lowest BCUT2D eigenvalue weighted by Gasteiger charge is -2.35. The number of rotatable bonds is 5. The third-order valence-electron chi connectivity index (χ3n) is 5.26. The lowest BCUT2D eigenvalue weighted by atomic mass is 9.79. The second-order valence-electron chi connectivity index (χ2n) is 7.35. The summed E-state index contributed by atoms with van der Waals surface area (Å²) in [5, 5.41) is 3.12. The molecule has 154 valence electrons. The quantitative estimate of drug-likeness (QED) is 0.632. The highest BCUT2D eigenvalue weighted by Crippen LogP contribution is 2.39. The molecule has 0 bridgehead atoms. The maximum Gasteiger partial charge on any atom is 0.416 e. The fourth-order valence-corrected chi connectivity index (χ4v) is 3.62. The molecular weight excluding hydrogens is 372 g/mol. The Kier molecular flexibility index (Phi) is 6.84. The van der Waals surface area contributed by atoms with Crippen molar-refractivity contribution in [3.8, 4) is 0 Å². The number of hydrogen-bond acceptors (Lipinski definition) is 2. The van der Waals surface area contributed by atoms with Crippen LogP contribution in [0.5, 0.6) is 0 Å². The normalized spacial score (nSPS) is 25.4. The molecule has 4 atom stereocenters. The largest absolute Gasteiger partial charge is 0.416 e. The van der Waals surface area contributed by atoms with E-state index in [0.717, 1.165) is 37.9 Å². The first-order valence-corrected chi connectivity index (χ1v) is 9.01. The summed E-state index contributed by atoms with van der Waals surface area (Å²) in [7, 11) is 1.85. The van der Waals surface area contributed by atoms with Crippen molar-refractivity contribution in [1.29, 1.82) is 0 Å². The van der Waals surface area contributed by atoms with Gasteiger partial charge in [-0.3, -0.25) is 0 Å². The first-order chi connectivity index (χ1) is 12.4. The van der Waals surface area contributed by atoms with Crippen LogP contribution in [0.25, 0.3) is 0 Å². The Balaban J connectivity index is 2.21. The molecule has 2 nitrogen and oxygen atoms in total. The molecule has 0 saturated heterocycles. The van der Waals surface area contributed by atoms with E-state index < -0.39 is 29.6 Å². The number of alkyl halides is 6. The van der Waals surface area contributed by atoms with Gasteiger partial charge >= 0.3 is 12.4 Å². The van der Waals surface area contributed by atoms with E-state index in [-0.39, 0.29) is 17.7 Å². The van der Waals surface area contributed by atoms with Crippen molar-refractivity contribution in [2.45, 2.75) is 57.7 Å². The van der Waals surface area contributed by atoms with Crippen LogP contribution < -0.4 is 5.32 Å². The Morgan fingerprint density at radius 1 is 1.04 bits per heavy atom. The predicted molar refractivity (Wildman–Crippen MR) is 90.2 cm³/mol. The van der Waals surface area contributed by atoms with Crippen LogP contribution in [0.4, 0.5) is 26.3 Å². The first kappa shape index (κ1) is 22.0. The van der Waals surface area contributed by atoms with Crippen molar-refractivity contribution in [2.24, 2.45) is 11.8 Å². The highest BCUT2D eigenvalue weighted by atomic mass is 19.4. The smallest absolute Gasteiger partial charge is 0.371 e. The fourth-order valence-electron chi connectivity index (χ4n) is 3.62. The van der Waals surface area contributed by atoms with Gasteiger partial charge < -0.3 is 10.1 Å². The highest BCUT2D eigenvalue weighted by Gasteiger charge is 2.37. The lowest BCUT2D eigenvalue weighted by molar-refractivity contribution is -0.143. The van der Waals surface area contributed by atoms with E-state index in [9.17, 15) is 26.3 Å². The molecule has 1 aliphatic rings. The minimum absolute atomic E-state index is 0.110. The van der Waals surface area contributed by atoms with Crippen LogP contribution in [0.15, 0.2) is 18.2 Å². The van der Waals surface area contributed by atoms with Gasteiger partial charge in [0, 0.05) is 0 Å². The summed E-state index contributed by atoms with van der Waals surface area (Å²) in [5.74, 6) is 0.867. The molecule has 1 aromatic rings. The Morgan fingerprint density at radius 2 is 1.59 bits per heavy atom. The lowest BCUT2D eigenvalue weighted by Crippen LogP contribution is -2.34. The standard InChI is InChI=1S/C19H25F6NO/c1-11-4-5-17(8-14(11)10-26-3)27-12(2)13-6-15(18(20,21)22)9-16(7-13)19(23,24)25/h6-7,9,11-12,14,17,26H,4-5,8,10H2,1-3H3/t11?,12?,14?,17-/m1/s1. The van der Waals surface area contributed by atoms with Crippen molar-refractivity contribution in [3.63, 3.8) is 0 Å². The molecule has 1 aromatic carbocycles. The molecule has 1 saturated carbocycles. The zero-order valence-electron chi connectivity index (χ0n) is 15.5. The van der Waals surface area contributed by atoms with Crippen LogP contribution >= 0.6 is 0 Å². The first-order valence-electron chi connectivity index (χ1n) is 9.01. The van der Waals surface area contributed by atoms with Crippen molar-refractivity contribution < 1.29 is 31.1 Å². The monoisotopic (exact) mass is 397 g/mol. The predicted octanol–water partition coefficient (Wildman–Crippen LogP) is 5.83. The molecule has 0 radical (unpaired) electrons. The van der Waals surface area contributed by atoms with Gasteiger partial charge in [0.25, 0.3) is 0 Å². The van der Waals surface area contributed by atoms with Gasteiger partial charge in [-0.1, -0.05) is 6.92 Å². The molecule has 1 fully saturated rings. The van der Waals surface area contributed by atoms with Crippen LogP contribution in [0.1, 0.15) is 55.9 Å². The molecule has 0 spiro atoms. The van der Waals surface area contributed by atoms with E-state index in [0.29, 0.717) is 11.8 Å². The average Bonchev–Trinajstić information content (AvgIpc) is 2.56. The van der Waals surface area contributed by atoms with Crippen molar-refractivity contribution in [3.05, 3.63) is 34.9 Å². The number of benzene rings is 1. The molecule has 0 amide bonds. The summed E-state index contributed by atoms with van der Waals surface area (Å²) in [6.45, 7) is 4.45. The summed E-state index contributed by atoms with van der Waals surface area (Å²) in [6, 6.07) is 1.63. The Labute approximate surface area is 155 Å². The minimum Gasteiger partial charge on any atom is -0.371 e. The van der Waals surface area contributed by atoms with E-state index in [1.54, 1.807) is 0 Å². The molecule has 8 heteroatoms. The third kappa shape index (κ3) is 5.85. The zero-order chi connectivity index (χ0) is 20.4. The fraction of sp³-hybridized carbons (Fsp3) is 0.684. The van der Waals surface area contributed by atoms with Gasteiger partial charge in [0.15, 0.2) is 0 Å². The summed E-state index contributed by atoms with van der Waals surface area (Å²) >= 11 is 0. The molecule has 27 heavy (non-hydrogen) atoms. The van der Waals surface area contributed by atoms with Crippen LogP contribution in [0, 0.1) is 11.8 Å². The van der Waals surface area contributed by atoms with Gasteiger partial charge in [0.05, 0.1) is 23.3 Å². The van der Waals surface area contributed by atoms with E-state index in [1.807, 2.05) is 7.05 Å². The number of nitrogens with one attached hydrogen (secondary N) is 1. The number of ether oxygens (including phenoxy) is 1. The molecule has 0 aliphatic heterocycles. The SMILES string of the molecule is CNCC1C[C@H](OC(C)c2cc(C(F)(F)F)cc(C(F)(F)F)c2)CCC1C. The molecular formula is C19H25F6NO.